The molecule has 0 saturated heterocycles. The average Bonchev–Trinajstić information content (AvgIpc) is 2.51. The molecule has 1 atom stereocenters. The monoisotopic (exact) mass is 330 g/mol. The Balaban J connectivity index is 1.84. The zero-order chi connectivity index (χ0) is 16.9. The first kappa shape index (κ1) is 17.7. The van der Waals surface area contributed by atoms with E-state index < -0.39 is 24.7 Å². The highest BCUT2D eigenvalue weighted by molar-refractivity contribution is 5.81. The molecule has 1 aromatic rings. The fraction of sp³-hybridized carbons (Fsp3) is 0.562. The SMILES string of the molecule is NC(=O)[C@H](NC1CCC(OCC(F)(F)F)CC1)c1ccccc1. The second-order valence-electron chi connectivity index (χ2n) is 5.81. The van der Waals surface area contributed by atoms with Gasteiger partial charge < -0.3 is 10.5 Å². The number of alkyl halides is 3. The van der Waals surface area contributed by atoms with Crippen LogP contribution in [0.5, 0.6) is 0 Å². The molecule has 3 N–H and O–H groups in total. The molecule has 1 aliphatic carbocycles. The number of nitrogens with one attached hydrogen (secondary N) is 1. The molecule has 0 aromatic heterocycles. The second-order valence-corrected chi connectivity index (χ2v) is 5.81. The minimum Gasteiger partial charge on any atom is -0.369 e. The van der Waals surface area contributed by atoms with Crippen LogP contribution < -0.4 is 11.1 Å². The Labute approximate surface area is 133 Å². The Kier molecular flexibility index (Phi) is 6.01. The summed E-state index contributed by atoms with van der Waals surface area (Å²) in [6.45, 7) is -1.20. The Morgan fingerprint density at radius 1 is 1.22 bits per heavy atom. The summed E-state index contributed by atoms with van der Waals surface area (Å²) in [4.78, 5) is 11.7. The number of hydrogen-bond donors (Lipinski definition) is 2. The topological polar surface area (TPSA) is 64.4 Å². The van der Waals surface area contributed by atoms with Crippen LogP contribution in [0.4, 0.5) is 13.2 Å². The van der Waals surface area contributed by atoms with Crippen molar-refractivity contribution in [1.29, 1.82) is 0 Å². The van der Waals surface area contributed by atoms with Crippen molar-refractivity contribution in [2.75, 3.05) is 6.61 Å². The third-order valence-corrected chi connectivity index (χ3v) is 3.98. The van der Waals surface area contributed by atoms with Gasteiger partial charge in [0.15, 0.2) is 0 Å². The summed E-state index contributed by atoms with van der Waals surface area (Å²) in [6.07, 6.45) is -2.29. The third kappa shape index (κ3) is 5.84. The number of halogens is 3. The molecular weight excluding hydrogens is 309 g/mol. The molecule has 2 rings (SSSR count). The number of hydrogen-bond acceptors (Lipinski definition) is 3. The number of benzene rings is 1. The van der Waals surface area contributed by atoms with Crippen molar-refractivity contribution in [2.45, 2.75) is 50.0 Å². The maximum absolute atomic E-state index is 12.1. The molecule has 1 amide bonds. The first-order valence-corrected chi connectivity index (χ1v) is 7.64. The van der Waals surface area contributed by atoms with Gasteiger partial charge in [-0.2, -0.15) is 13.2 Å². The van der Waals surface area contributed by atoms with Gasteiger partial charge in [-0.25, -0.2) is 0 Å². The van der Waals surface area contributed by atoms with Gasteiger partial charge in [0, 0.05) is 6.04 Å². The normalized spacial score (nSPS) is 23.4. The van der Waals surface area contributed by atoms with E-state index in [4.69, 9.17) is 10.5 Å². The van der Waals surface area contributed by atoms with Gasteiger partial charge in [0.05, 0.1) is 6.10 Å². The molecule has 0 radical (unpaired) electrons. The van der Waals surface area contributed by atoms with Gasteiger partial charge in [0.1, 0.15) is 12.6 Å². The van der Waals surface area contributed by atoms with E-state index in [2.05, 4.69) is 5.32 Å². The lowest BCUT2D eigenvalue weighted by Gasteiger charge is -2.31. The van der Waals surface area contributed by atoms with E-state index in [0.29, 0.717) is 25.7 Å². The summed E-state index contributed by atoms with van der Waals surface area (Å²) < 4.78 is 41.3. The lowest BCUT2D eigenvalue weighted by molar-refractivity contribution is -0.188. The molecule has 0 spiro atoms. The highest BCUT2D eigenvalue weighted by Crippen LogP contribution is 2.26. The van der Waals surface area contributed by atoms with Crippen molar-refractivity contribution >= 4 is 5.91 Å². The summed E-state index contributed by atoms with van der Waals surface area (Å²) in [5, 5.41) is 3.21. The standard InChI is InChI=1S/C16H21F3N2O2/c17-16(18,19)10-23-13-8-6-12(7-9-13)21-14(15(20)22)11-4-2-1-3-5-11/h1-5,12-14,21H,6-10H2,(H2,20,22)/t12?,13?,14-/m1/s1. The van der Waals surface area contributed by atoms with Crippen molar-refractivity contribution in [3.63, 3.8) is 0 Å². The van der Waals surface area contributed by atoms with Gasteiger partial charge in [-0.05, 0) is 31.2 Å². The fourth-order valence-electron chi connectivity index (χ4n) is 2.83. The molecule has 1 fully saturated rings. The van der Waals surface area contributed by atoms with E-state index in [-0.39, 0.29) is 12.1 Å². The van der Waals surface area contributed by atoms with Gasteiger partial charge in [0.2, 0.25) is 5.91 Å². The van der Waals surface area contributed by atoms with Crippen molar-refractivity contribution in [3.8, 4) is 0 Å². The largest absolute Gasteiger partial charge is 0.411 e. The van der Waals surface area contributed by atoms with Crippen LogP contribution in [0.1, 0.15) is 37.3 Å². The molecule has 1 aliphatic rings. The van der Waals surface area contributed by atoms with E-state index in [1.807, 2.05) is 30.3 Å². The van der Waals surface area contributed by atoms with E-state index in [1.165, 1.54) is 0 Å². The summed E-state index contributed by atoms with van der Waals surface area (Å²) >= 11 is 0. The van der Waals surface area contributed by atoms with Crippen LogP contribution in [0.15, 0.2) is 30.3 Å². The molecule has 23 heavy (non-hydrogen) atoms. The number of nitrogens with two attached hydrogens (primary N) is 1. The lowest BCUT2D eigenvalue weighted by atomic mass is 9.91. The molecule has 1 aromatic carbocycles. The average molecular weight is 330 g/mol. The van der Waals surface area contributed by atoms with Crippen LogP contribution in [-0.2, 0) is 9.53 Å². The first-order chi connectivity index (χ1) is 10.8. The fourth-order valence-corrected chi connectivity index (χ4v) is 2.83. The summed E-state index contributed by atoms with van der Waals surface area (Å²) in [7, 11) is 0. The Bertz CT molecular complexity index is 500. The van der Waals surface area contributed by atoms with Crippen LogP contribution in [0.3, 0.4) is 0 Å². The minimum absolute atomic E-state index is 0.0402. The highest BCUT2D eigenvalue weighted by Gasteiger charge is 2.31. The van der Waals surface area contributed by atoms with Gasteiger partial charge in [0.25, 0.3) is 0 Å². The predicted molar refractivity (Wildman–Crippen MR) is 79.6 cm³/mol. The van der Waals surface area contributed by atoms with Gasteiger partial charge >= 0.3 is 6.18 Å². The van der Waals surface area contributed by atoms with E-state index >= 15 is 0 Å². The molecule has 0 unspecified atom stereocenters. The summed E-state index contributed by atoms with van der Waals surface area (Å²) in [5.41, 5.74) is 6.25. The molecule has 0 bridgehead atoms. The van der Waals surface area contributed by atoms with Crippen molar-refractivity contribution < 1.29 is 22.7 Å². The Morgan fingerprint density at radius 2 is 1.83 bits per heavy atom. The van der Waals surface area contributed by atoms with Crippen LogP contribution in [0.2, 0.25) is 0 Å². The van der Waals surface area contributed by atoms with E-state index in [0.717, 1.165) is 5.56 Å². The molecule has 7 heteroatoms. The Hall–Kier alpha value is -1.60. The molecule has 4 nitrogen and oxygen atoms in total. The third-order valence-electron chi connectivity index (χ3n) is 3.98. The van der Waals surface area contributed by atoms with E-state index in [1.54, 1.807) is 0 Å². The predicted octanol–water partition coefficient (Wildman–Crippen LogP) is 2.69. The second kappa shape index (κ2) is 7.79. The zero-order valence-corrected chi connectivity index (χ0v) is 12.7. The lowest BCUT2D eigenvalue weighted by Crippen LogP contribution is -2.42. The molecule has 128 valence electrons. The first-order valence-electron chi connectivity index (χ1n) is 7.64. The van der Waals surface area contributed by atoms with Crippen LogP contribution in [-0.4, -0.2) is 30.8 Å². The van der Waals surface area contributed by atoms with Gasteiger partial charge in [-0.1, -0.05) is 30.3 Å². The maximum Gasteiger partial charge on any atom is 0.411 e. The number of primary amides is 1. The maximum atomic E-state index is 12.1. The zero-order valence-electron chi connectivity index (χ0n) is 12.7. The molecule has 0 heterocycles. The minimum atomic E-state index is -4.29. The molecule has 1 saturated carbocycles. The number of rotatable bonds is 6. The van der Waals surface area contributed by atoms with E-state index in [9.17, 15) is 18.0 Å². The van der Waals surface area contributed by atoms with Crippen LogP contribution in [0.25, 0.3) is 0 Å². The van der Waals surface area contributed by atoms with Gasteiger partial charge in [-0.15, -0.1) is 0 Å². The van der Waals surface area contributed by atoms with Crippen molar-refractivity contribution in [2.24, 2.45) is 5.73 Å². The number of carbonyl (C=O) groups is 1. The number of ether oxygens (including phenoxy) is 1. The summed E-state index contributed by atoms with van der Waals surface area (Å²) in [6, 6.07) is 8.60. The van der Waals surface area contributed by atoms with Crippen molar-refractivity contribution in [3.05, 3.63) is 35.9 Å². The van der Waals surface area contributed by atoms with Crippen LogP contribution >= 0.6 is 0 Å². The number of carbonyl (C=O) groups excluding carboxylic acids is 1. The molecular formula is C16H21F3N2O2. The van der Waals surface area contributed by atoms with Gasteiger partial charge in [-0.3, -0.25) is 10.1 Å². The highest BCUT2D eigenvalue weighted by atomic mass is 19.4. The molecule has 0 aliphatic heterocycles. The number of amides is 1. The smallest absolute Gasteiger partial charge is 0.369 e. The Morgan fingerprint density at radius 3 is 2.35 bits per heavy atom. The van der Waals surface area contributed by atoms with Crippen LogP contribution in [0, 0.1) is 0 Å². The quantitative estimate of drug-likeness (QED) is 0.843. The summed E-state index contributed by atoms with van der Waals surface area (Å²) in [5.74, 6) is -0.466. The van der Waals surface area contributed by atoms with Crippen molar-refractivity contribution in [1.82, 2.24) is 5.32 Å².